The molecule has 2 aromatic heterocycles. The number of aromatic nitrogens is 4. The monoisotopic (exact) mass is 361 g/mol. The Bertz CT molecular complexity index is 1200. The van der Waals surface area contributed by atoms with Crippen LogP contribution in [0.15, 0.2) is 59.4 Å². The van der Waals surface area contributed by atoms with E-state index >= 15 is 0 Å². The van der Waals surface area contributed by atoms with Crippen molar-refractivity contribution in [3.63, 3.8) is 0 Å². The fraction of sp³-hybridized carbons (Fsp3) is 0.150. The quantitative estimate of drug-likeness (QED) is 0.416. The van der Waals surface area contributed by atoms with Gasteiger partial charge in [-0.2, -0.15) is 0 Å². The lowest BCUT2D eigenvalue weighted by Crippen LogP contribution is -2.40. The van der Waals surface area contributed by atoms with Crippen LogP contribution in [-0.2, 0) is 17.6 Å². The summed E-state index contributed by atoms with van der Waals surface area (Å²) < 4.78 is 1.56. The first-order valence-corrected chi connectivity index (χ1v) is 8.60. The Kier molecular flexibility index (Phi) is 4.33. The van der Waals surface area contributed by atoms with Crippen LogP contribution in [0.2, 0.25) is 0 Å². The van der Waals surface area contributed by atoms with Crippen molar-refractivity contribution in [2.45, 2.75) is 19.3 Å². The van der Waals surface area contributed by atoms with E-state index in [1.165, 1.54) is 0 Å². The second kappa shape index (κ2) is 6.95. The number of aryl methyl sites for hydroxylation is 1. The van der Waals surface area contributed by atoms with Crippen molar-refractivity contribution in [2.75, 3.05) is 0 Å². The fourth-order valence-corrected chi connectivity index (χ4v) is 3.06. The molecule has 134 valence electrons. The number of carboxylic acids is 1. The Hall–Kier alpha value is -3.61. The first-order valence-electron chi connectivity index (χ1n) is 8.60. The van der Waals surface area contributed by atoms with Crippen molar-refractivity contribution in [3.05, 3.63) is 82.0 Å². The second-order valence-corrected chi connectivity index (χ2v) is 6.26. The van der Waals surface area contributed by atoms with E-state index in [1.807, 2.05) is 54.6 Å². The molecule has 0 atom stereocenters. The Morgan fingerprint density at radius 3 is 2.59 bits per heavy atom. The zero-order chi connectivity index (χ0) is 18.8. The Morgan fingerprint density at radius 2 is 1.81 bits per heavy atom. The maximum atomic E-state index is 12.6. The first kappa shape index (κ1) is 16.8. The molecule has 0 aliphatic rings. The zero-order valence-electron chi connectivity index (χ0n) is 14.4. The van der Waals surface area contributed by atoms with E-state index in [0.29, 0.717) is 29.1 Å². The molecular weight excluding hydrogens is 344 g/mol. The van der Waals surface area contributed by atoms with Gasteiger partial charge in [-0.05, 0) is 17.7 Å². The molecule has 4 aromatic rings. The van der Waals surface area contributed by atoms with Crippen LogP contribution in [0.5, 0.6) is 0 Å². The first-order chi connectivity index (χ1) is 13.1. The molecule has 0 fully saturated rings. The lowest BCUT2D eigenvalue weighted by Gasteiger charge is -2.05. The summed E-state index contributed by atoms with van der Waals surface area (Å²) in [5.41, 5.74) is 2.26. The van der Waals surface area contributed by atoms with Crippen molar-refractivity contribution >= 4 is 22.5 Å². The van der Waals surface area contributed by atoms with Gasteiger partial charge >= 0.3 is 11.5 Å². The third-order valence-corrected chi connectivity index (χ3v) is 4.36. The Morgan fingerprint density at radius 1 is 1.07 bits per heavy atom. The van der Waals surface area contributed by atoms with Crippen LogP contribution >= 0.6 is 0 Å². The predicted octanol–water partition coefficient (Wildman–Crippen LogP) is 1.66. The molecule has 0 amide bonds. The highest BCUT2D eigenvalue weighted by atomic mass is 16.4. The molecule has 0 aliphatic heterocycles. The lowest BCUT2D eigenvalue weighted by atomic mass is 10.1. The molecule has 0 saturated heterocycles. The maximum absolute atomic E-state index is 12.6. The largest absolute Gasteiger partial charge is 0.481 e. The third-order valence-electron chi connectivity index (χ3n) is 4.36. The van der Waals surface area contributed by atoms with Crippen LogP contribution in [0.4, 0.5) is 0 Å². The van der Waals surface area contributed by atoms with Gasteiger partial charge in [0.2, 0.25) is 0 Å². The van der Waals surface area contributed by atoms with Gasteiger partial charge in [0.1, 0.15) is 0 Å². The number of nitrogens with zero attached hydrogens (tertiary/aromatic N) is 3. The zero-order valence-corrected chi connectivity index (χ0v) is 14.4. The van der Waals surface area contributed by atoms with Crippen molar-refractivity contribution in [2.24, 2.45) is 0 Å². The Balaban J connectivity index is 1.91. The lowest BCUT2D eigenvalue weighted by molar-refractivity contribution is -0.595. The van der Waals surface area contributed by atoms with Crippen LogP contribution in [0.25, 0.3) is 16.6 Å². The smallest absolute Gasteiger partial charge is 0.329 e. The van der Waals surface area contributed by atoms with Crippen LogP contribution < -0.4 is 10.1 Å². The molecule has 0 spiro atoms. The molecule has 0 saturated carbocycles. The molecule has 0 aliphatic carbocycles. The molecule has 7 heteroatoms. The van der Waals surface area contributed by atoms with Gasteiger partial charge in [0.05, 0.1) is 11.8 Å². The number of carbonyl (C=O) groups is 1. The molecular formula is C20H17N4O3+. The summed E-state index contributed by atoms with van der Waals surface area (Å²) in [5, 5.41) is 14.3. The van der Waals surface area contributed by atoms with Gasteiger partial charge in [-0.25, -0.2) is 9.78 Å². The summed E-state index contributed by atoms with van der Waals surface area (Å²) in [6, 6.07) is 17.0. The number of aliphatic carboxylic acids is 1. The number of nitrogens with one attached hydrogen (secondary N) is 1. The average molecular weight is 361 g/mol. The number of aromatic amines is 1. The van der Waals surface area contributed by atoms with Gasteiger partial charge in [-0.1, -0.05) is 42.5 Å². The molecule has 7 nitrogen and oxygen atoms in total. The maximum Gasteiger partial charge on any atom is 0.329 e. The average Bonchev–Trinajstić information content (AvgIpc) is 2.68. The predicted molar refractivity (Wildman–Crippen MR) is 98.5 cm³/mol. The van der Waals surface area contributed by atoms with Gasteiger partial charge in [0, 0.05) is 12.8 Å². The van der Waals surface area contributed by atoms with Gasteiger partial charge in [0.25, 0.3) is 11.5 Å². The molecule has 0 bridgehead atoms. The molecule has 2 aromatic carbocycles. The van der Waals surface area contributed by atoms with Crippen molar-refractivity contribution in [3.8, 4) is 0 Å². The van der Waals surface area contributed by atoms with E-state index in [2.05, 4.69) is 15.1 Å². The highest BCUT2D eigenvalue weighted by molar-refractivity contribution is 5.88. The number of H-pyrrole nitrogens is 1. The fourth-order valence-electron chi connectivity index (χ4n) is 3.06. The van der Waals surface area contributed by atoms with E-state index in [-0.39, 0.29) is 18.4 Å². The van der Waals surface area contributed by atoms with Crippen LogP contribution in [0, 0.1) is 0 Å². The minimum atomic E-state index is -0.910. The van der Waals surface area contributed by atoms with Gasteiger partial charge in [0.15, 0.2) is 11.2 Å². The summed E-state index contributed by atoms with van der Waals surface area (Å²) in [7, 11) is 0. The van der Waals surface area contributed by atoms with Crippen LogP contribution in [0.3, 0.4) is 0 Å². The SMILES string of the molecule is O=C(O)CCc1nc2ccccc2c2[nH]c(=O)c(Cc3ccccc3)n[n+]12. The van der Waals surface area contributed by atoms with E-state index in [9.17, 15) is 9.59 Å². The van der Waals surface area contributed by atoms with E-state index in [0.717, 1.165) is 10.9 Å². The number of hydrogen-bond donors (Lipinski definition) is 2. The number of benzene rings is 2. The van der Waals surface area contributed by atoms with Crippen molar-refractivity contribution in [1.29, 1.82) is 0 Å². The summed E-state index contributed by atoms with van der Waals surface area (Å²) in [6.45, 7) is 0. The molecule has 4 rings (SSSR count). The molecule has 2 heterocycles. The van der Waals surface area contributed by atoms with Crippen LogP contribution in [-0.4, -0.2) is 26.1 Å². The third kappa shape index (κ3) is 3.39. The molecule has 0 unspecified atom stereocenters. The summed E-state index contributed by atoms with van der Waals surface area (Å²) in [4.78, 5) is 31.1. The highest BCUT2D eigenvalue weighted by Gasteiger charge is 2.20. The number of rotatable bonds is 5. The van der Waals surface area contributed by atoms with Crippen molar-refractivity contribution in [1.82, 2.24) is 15.1 Å². The summed E-state index contributed by atoms with van der Waals surface area (Å²) >= 11 is 0. The molecule has 2 N–H and O–H groups in total. The van der Waals surface area contributed by atoms with Gasteiger partial charge in [-0.3, -0.25) is 4.79 Å². The van der Waals surface area contributed by atoms with Gasteiger partial charge in [-0.15, -0.1) is 14.6 Å². The summed E-state index contributed by atoms with van der Waals surface area (Å²) in [6.07, 6.45) is 0.526. The van der Waals surface area contributed by atoms with Gasteiger partial charge < -0.3 is 5.11 Å². The minimum Gasteiger partial charge on any atom is -0.481 e. The Labute approximate surface area is 154 Å². The molecule has 0 radical (unpaired) electrons. The van der Waals surface area contributed by atoms with Crippen molar-refractivity contribution < 1.29 is 14.4 Å². The number of hydrogen-bond acceptors (Lipinski definition) is 4. The standard InChI is InChI=1S/C20H16N4O3/c25-18(26)11-10-17-21-15-9-5-4-8-14(15)19-22-20(27)16(23-24(17)19)12-13-6-2-1-3-7-13/h1-9H,10-12H2,(H,25,26)/p+1. The van der Waals surface area contributed by atoms with E-state index in [1.54, 1.807) is 4.52 Å². The number of para-hydroxylation sites is 1. The summed E-state index contributed by atoms with van der Waals surface area (Å²) in [5.74, 6) is -0.413. The number of carboxylic acid groups (broad SMARTS) is 1. The van der Waals surface area contributed by atoms with Crippen LogP contribution in [0.1, 0.15) is 23.5 Å². The van der Waals surface area contributed by atoms with E-state index < -0.39 is 5.97 Å². The topological polar surface area (TPSA) is 100 Å². The molecule has 27 heavy (non-hydrogen) atoms. The second-order valence-electron chi connectivity index (χ2n) is 6.26. The normalized spacial score (nSPS) is 11.1. The highest BCUT2D eigenvalue weighted by Crippen LogP contribution is 2.14. The number of fused-ring (bicyclic) bond motifs is 3. The minimum absolute atomic E-state index is 0.0672. The van der Waals surface area contributed by atoms with E-state index in [4.69, 9.17) is 5.11 Å².